The molecule has 0 atom stereocenters. The molecule has 4 aromatic rings. The molecule has 0 aliphatic carbocycles. The fourth-order valence-corrected chi connectivity index (χ4v) is 3.42. The van der Waals surface area contributed by atoms with Gasteiger partial charge < -0.3 is 19.8 Å². The number of aromatic nitrogens is 3. The molecular weight excluding hydrogens is 446 g/mol. The maximum absolute atomic E-state index is 14.2. The number of carbonyl (C=O) groups excluding carboxylic acids is 1. The molecule has 0 bridgehead atoms. The van der Waals surface area contributed by atoms with Crippen LogP contribution in [-0.4, -0.2) is 25.8 Å². The summed E-state index contributed by atoms with van der Waals surface area (Å²) in [6, 6.07) is 7.44. The standard InChI is InChI=1S/C24H22F2N4O4/c1-24(2,3)34-23(32)30-10-9-14-15(12-29(4)22(31)21(14)30)20-18(7-8-19(27)28-20)33-17-6-5-13(25)11-16(17)26/h5-12H,1-4H3,(H2,27,28). The molecule has 0 saturated carbocycles. The van der Waals surface area contributed by atoms with Gasteiger partial charge >= 0.3 is 6.09 Å². The van der Waals surface area contributed by atoms with Crippen LogP contribution in [0.25, 0.3) is 22.2 Å². The second-order valence-corrected chi connectivity index (χ2v) is 8.65. The molecule has 176 valence electrons. The van der Waals surface area contributed by atoms with Crippen molar-refractivity contribution in [2.45, 2.75) is 26.4 Å². The van der Waals surface area contributed by atoms with Gasteiger partial charge in [0.15, 0.2) is 17.3 Å². The number of nitrogens with two attached hydrogens (primary N) is 1. The zero-order chi connectivity index (χ0) is 24.8. The number of anilines is 1. The molecule has 0 amide bonds. The number of carbonyl (C=O) groups is 1. The summed E-state index contributed by atoms with van der Waals surface area (Å²) >= 11 is 0. The van der Waals surface area contributed by atoms with E-state index < -0.39 is 28.9 Å². The number of nitrogen functional groups attached to an aromatic ring is 1. The number of hydrogen-bond donors (Lipinski definition) is 1. The van der Waals surface area contributed by atoms with Crippen molar-refractivity contribution in [3.63, 3.8) is 0 Å². The summed E-state index contributed by atoms with van der Waals surface area (Å²) in [6.07, 6.45) is 2.22. The fraction of sp³-hybridized carbons (Fsp3) is 0.208. The second-order valence-electron chi connectivity index (χ2n) is 8.65. The fourth-order valence-electron chi connectivity index (χ4n) is 3.42. The summed E-state index contributed by atoms with van der Waals surface area (Å²) in [5.74, 6) is -1.60. The first-order valence-corrected chi connectivity index (χ1v) is 10.3. The van der Waals surface area contributed by atoms with E-state index >= 15 is 0 Å². The molecule has 4 rings (SSSR count). The third kappa shape index (κ3) is 4.34. The van der Waals surface area contributed by atoms with Gasteiger partial charge in [0, 0.05) is 36.5 Å². The lowest BCUT2D eigenvalue weighted by Gasteiger charge is -2.20. The van der Waals surface area contributed by atoms with E-state index in [0.29, 0.717) is 17.0 Å². The molecule has 10 heteroatoms. The van der Waals surface area contributed by atoms with Crippen molar-refractivity contribution in [3.8, 4) is 22.8 Å². The summed E-state index contributed by atoms with van der Waals surface area (Å²) in [7, 11) is 1.52. The Kier molecular flexibility index (Phi) is 5.60. The van der Waals surface area contributed by atoms with Gasteiger partial charge in [-0.25, -0.2) is 23.1 Å². The van der Waals surface area contributed by atoms with Crippen molar-refractivity contribution in [1.29, 1.82) is 0 Å². The monoisotopic (exact) mass is 468 g/mol. The highest BCUT2D eigenvalue weighted by molar-refractivity contribution is 5.99. The number of aryl methyl sites for hydroxylation is 1. The third-order valence-electron chi connectivity index (χ3n) is 4.86. The van der Waals surface area contributed by atoms with Crippen LogP contribution in [0.15, 0.2) is 53.6 Å². The van der Waals surface area contributed by atoms with Crippen LogP contribution in [-0.2, 0) is 11.8 Å². The highest BCUT2D eigenvalue weighted by atomic mass is 19.1. The highest BCUT2D eigenvalue weighted by Crippen LogP contribution is 2.37. The summed E-state index contributed by atoms with van der Waals surface area (Å²) in [4.78, 5) is 30.0. The lowest BCUT2D eigenvalue weighted by atomic mass is 10.1. The van der Waals surface area contributed by atoms with E-state index in [1.807, 2.05) is 0 Å². The zero-order valence-corrected chi connectivity index (χ0v) is 18.9. The Balaban J connectivity index is 1.91. The van der Waals surface area contributed by atoms with Crippen molar-refractivity contribution in [3.05, 3.63) is 70.8 Å². The van der Waals surface area contributed by atoms with Crippen LogP contribution in [0.3, 0.4) is 0 Å². The number of halogens is 2. The van der Waals surface area contributed by atoms with Gasteiger partial charge in [0.25, 0.3) is 5.56 Å². The zero-order valence-electron chi connectivity index (χ0n) is 18.9. The van der Waals surface area contributed by atoms with Crippen LogP contribution in [0.2, 0.25) is 0 Å². The molecule has 0 aliphatic rings. The third-order valence-corrected chi connectivity index (χ3v) is 4.86. The van der Waals surface area contributed by atoms with Gasteiger partial charge in [-0.3, -0.25) is 4.79 Å². The normalized spacial score (nSPS) is 11.6. The summed E-state index contributed by atoms with van der Waals surface area (Å²) < 4.78 is 41.1. The predicted octanol–water partition coefficient (Wildman–Crippen LogP) is 4.84. The first-order valence-electron chi connectivity index (χ1n) is 10.3. The van der Waals surface area contributed by atoms with Crippen molar-refractivity contribution in [2.24, 2.45) is 7.05 Å². The number of benzene rings is 1. The largest absolute Gasteiger partial charge is 0.452 e. The van der Waals surface area contributed by atoms with Crippen molar-refractivity contribution in [2.75, 3.05) is 5.73 Å². The topological polar surface area (TPSA) is 101 Å². The van der Waals surface area contributed by atoms with Crippen molar-refractivity contribution >= 4 is 22.8 Å². The SMILES string of the molecule is Cn1cc(-c2nc(N)ccc2Oc2ccc(F)cc2F)c2ccn(C(=O)OC(C)(C)C)c2c1=O. The average molecular weight is 468 g/mol. The van der Waals surface area contributed by atoms with Crippen LogP contribution in [0.5, 0.6) is 11.5 Å². The Morgan fingerprint density at radius 1 is 1.09 bits per heavy atom. The average Bonchev–Trinajstić information content (AvgIpc) is 3.18. The Morgan fingerprint density at radius 2 is 1.79 bits per heavy atom. The Hall–Kier alpha value is -4.21. The van der Waals surface area contributed by atoms with Crippen molar-refractivity contribution in [1.82, 2.24) is 14.1 Å². The molecule has 0 aliphatic heterocycles. The number of ether oxygens (including phenoxy) is 2. The first kappa shape index (κ1) is 23.0. The molecule has 0 spiro atoms. The van der Waals surface area contributed by atoms with Gasteiger partial charge in [-0.15, -0.1) is 0 Å². The number of pyridine rings is 2. The molecule has 0 saturated heterocycles. The predicted molar refractivity (Wildman–Crippen MR) is 123 cm³/mol. The van der Waals surface area contributed by atoms with Gasteiger partial charge in [0.05, 0.1) is 0 Å². The maximum Gasteiger partial charge on any atom is 0.419 e. The maximum atomic E-state index is 14.2. The van der Waals surface area contributed by atoms with E-state index in [1.54, 1.807) is 26.8 Å². The van der Waals surface area contributed by atoms with Crippen LogP contribution < -0.4 is 16.0 Å². The Bertz CT molecular complexity index is 1490. The van der Waals surface area contributed by atoms with E-state index in [4.69, 9.17) is 15.2 Å². The molecule has 2 N–H and O–H groups in total. The quantitative estimate of drug-likeness (QED) is 0.462. The van der Waals surface area contributed by atoms with E-state index in [2.05, 4.69) is 4.98 Å². The van der Waals surface area contributed by atoms with Crippen LogP contribution in [0.4, 0.5) is 19.4 Å². The van der Waals surface area contributed by atoms with Crippen LogP contribution >= 0.6 is 0 Å². The molecule has 34 heavy (non-hydrogen) atoms. The molecule has 0 unspecified atom stereocenters. The van der Waals surface area contributed by atoms with E-state index in [0.717, 1.165) is 16.7 Å². The lowest BCUT2D eigenvalue weighted by Crippen LogP contribution is -2.29. The number of hydrogen-bond acceptors (Lipinski definition) is 6. The summed E-state index contributed by atoms with van der Waals surface area (Å²) in [5, 5.41) is 0.386. The van der Waals surface area contributed by atoms with Gasteiger partial charge in [-0.05, 0) is 51.1 Å². The molecule has 3 heterocycles. The molecule has 8 nitrogen and oxygen atoms in total. The molecule has 3 aromatic heterocycles. The van der Waals surface area contributed by atoms with Crippen LogP contribution in [0, 0.1) is 11.6 Å². The second kappa shape index (κ2) is 8.29. The highest BCUT2D eigenvalue weighted by Gasteiger charge is 2.24. The smallest absolute Gasteiger partial charge is 0.419 e. The summed E-state index contributed by atoms with van der Waals surface area (Å²) in [5.41, 5.74) is 5.37. The molecule has 0 radical (unpaired) electrons. The first-order chi connectivity index (χ1) is 15.9. The molecule has 1 aromatic carbocycles. The lowest BCUT2D eigenvalue weighted by molar-refractivity contribution is 0.0544. The van der Waals surface area contributed by atoms with E-state index in [-0.39, 0.29) is 28.5 Å². The summed E-state index contributed by atoms with van der Waals surface area (Å²) in [6.45, 7) is 5.15. The number of nitrogens with zero attached hydrogens (tertiary/aromatic N) is 3. The minimum absolute atomic E-state index is 0.0670. The van der Waals surface area contributed by atoms with Gasteiger partial charge in [0.2, 0.25) is 0 Å². The van der Waals surface area contributed by atoms with E-state index in [1.165, 1.54) is 36.1 Å². The number of fused-ring (bicyclic) bond motifs is 1. The van der Waals surface area contributed by atoms with Gasteiger partial charge in [0.1, 0.15) is 28.4 Å². The minimum Gasteiger partial charge on any atom is -0.452 e. The van der Waals surface area contributed by atoms with Gasteiger partial charge in [-0.1, -0.05) is 0 Å². The molecule has 0 fully saturated rings. The number of rotatable bonds is 3. The van der Waals surface area contributed by atoms with Gasteiger partial charge in [-0.2, -0.15) is 0 Å². The Morgan fingerprint density at radius 3 is 2.47 bits per heavy atom. The van der Waals surface area contributed by atoms with Crippen LogP contribution in [0.1, 0.15) is 20.8 Å². The minimum atomic E-state index is -0.899. The van der Waals surface area contributed by atoms with Crippen molar-refractivity contribution < 1.29 is 23.0 Å². The van der Waals surface area contributed by atoms with E-state index in [9.17, 15) is 18.4 Å². The molecular formula is C24H22F2N4O4. The Labute approximate surface area is 193 Å².